The van der Waals surface area contributed by atoms with Gasteiger partial charge in [0.15, 0.2) is 4.34 Å². The molecule has 0 aliphatic carbocycles. The van der Waals surface area contributed by atoms with Crippen molar-refractivity contribution in [1.29, 1.82) is 0 Å². The van der Waals surface area contributed by atoms with Crippen LogP contribution in [0.4, 0.5) is 0 Å². The lowest BCUT2D eigenvalue weighted by molar-refractivity contribution is 0.722. The molecule has 0 aromatic carbocycles. The summed E-state index contributed by atoms with van der Waals surface area (Å²) < 4.78 is 1.07. The van der Waals surface area contributed by atoms with Crippen LogP contribution in [0.25, 0.3) is 0 Å². The van der Waals surface area contributed by atoms with Gasteiger partial charge >= 0.3 is 0 Å². The molecule has 0 bridgehead atoms. The highest BCUT2D eigenvalue weighted by Crippen LogP contribution is 2.20. The van der Waals surface area contributed by atoms with Crippen molar-refractivity contribution in [2.45, 2.75) is 17.7 Å². The van der Waals surface area contributed by atoms with Gasteiger partial charge in [-0.05, 0) is 42.3 Å². The van der Waals surface area contributed by atoms with Crippen LogP contribution in [0.2, 0.25) is 0 Å². The smallest absolute Gasteiger partial charge is 0.174 e. The first-order chi connectivity index (χ1) is 8.34. The van der Waals surface area contributed by atoms with Crippen LogP contribution in [0.15, 0.2) is 21.2 Å². The minimum Gasteiger partial charge on any atom is -0.316 e. The van der Waals surface area contributed by atoms with E-state index in [0.29, 0.717) is 0 Å². The second-order valence-electron chi connectivity index (χ2n) is 3.57. The number of nitrogens with one attached hydrogen (secondary N) is 1. The van der Waals surface area contributed by atoms with Crippen molar-refractivity contribution >= 4 is 34.4 Å². The van der Waals surface area contributed by atoms with Gasteiger partial charge in [0.05, 0.1) is 0 Å². The first-order valence-electron chi connectivity index (χ1n) is 5.49. The van der Waals surface area contributed by atoms with Crippen LogP contribution in [-0.4, -0.2) is 29.0 Å². The molecule has 2 heterocycles. The third-order valence-corrected chi connectivity index (χ3v) is 4.89. The predicted octanol–water partition coefficient (Wildman–Crippen LogP) is 2.83. The summed E-state index contributed by atoms with van der Waals surface area (Å²) in [5.41, 5.74) is 1.43. The van der Waals surface area contributed by atoms with Gasteiger partial charge in [0.25, 0.3) is 0 Å². The number of nitrogens with zero attached hydrogens (tertiary/aromatic N) is 2. The molecule has 0 unspecified atom stereocenters. The van der Waals surface area contributed by atoms with Crippen molar-refractivity contribution in [3.63, 3.8) is 0 Å². The summed E-state index contributed by atoms with van der Waals surface area (Å²) in [5.74, 6) is 1.05. The number of aromatic nitrogens is 2. The minimum atomic E-state index is 1.02. The third-order valence-electron chi connectivity index (χ3n) is 2.18. The summed E-state index contributed by atoms with van der Waals surface area (Å²) >= 11 is 5.20. The molecule has 0 radical (unpaired) electrons. The Hall–Kier alpha value is -0.430. The van der Waals surface area contributed by atoms with Crippen LogP contribution < -0.4 is 5.32 Å². The first kappa shape index (κ1) is 13.0. The predicted molar refractivity (Wildman–Crippen MR) is 76.3 cm³/mol. The fraction of sp³-hybridized carbons (Fsp3) is 0.455. The van der Waals surface area contributed by atoms with Crippen LogP contribution in [0, 0.1) is 6.92 Å². The Bertz CT molecular complexity index is 425. The van der Waals surface area contributed by atoms with Crippen molar-refractivity contribution in [3.8, 4) is 0 Å². The fourth-order valence-electron chi connectivity index (χ4n) is 1.34. The number of thioether (sulfide) groups is 1. The van der Waals surface area contributed by atoms with E-state index >= 15 is 0 Å². The lowest BCUT2D eigenvalue weighted by atomic mass is 10.2. The largest absolute Gasteiger partial charge is 0.316 e. The molecule has 92 valence electrons. The normalized spacial score (nSPS) is 10.9. The van der Waals surface area contributed by atoms with Gasteiger partial charge in [-0.2, -0.15) is 11.3 Å². The fourth-order valence-corrected chi connectivity index (χ4v) is 3.83. The summed E-state index contributed by atoms with van der Waals surface area (Å²) in [6, 6.07) is 2.19. The monoisotopic (exact) mass is 285 g/mol. The van der Waals surface area contributed by atoms with Crippen LogP contribution in [-0.2, 0) is 6.42 Å². The van der Waals surface area contributed by atoms with E-state index in [-0.39, 0.29) is 0 Å². The van der Waals surface area contributed by atoms with Crippen LogP contribution in [0.1, 0.15) is 10.6 Å². The quantitative estimate of drug-likeness (QED) is 0.627. The molecular formula is C11H15N3S3. The highest BCUT2D eigenvalue weighted by atomic mass is 32.2. The molecule has 0 amide bonds. The molecule has 0 aliphatic rings. The van der Waals surface area contributed by atoms with Crippen molar-refractivity contribution in [2.75, 3.05) is 18.8 Å². The highest BCUT2D eigenvalue weighted by Gasteiger charge is 2.00. The number of rotatable bonds is 7. The molecule has 0 saturated heterocycles. The van der Waals surface area contributed by atoms with E-state index in [0.717, 1.165) is 34.6 Å². The summed E-state index contributed by atoms with van der Waals surface area (Å²) in [7, 11) is 0. The van der Waals surface area contributed by atoms with Gasteiger partial charge in [0.1, 0.15) is 5.01 Å². The van der Waals surface area contributed by atoms with Gasteiger partial charge in [-0.3, -0.25) is 0 Å². The summed E-state index contributed by atoms with van der Waals surface area (Å²) in [4.78, 5) is 0. The van der Waals surface area contributed by atoms with E-state index in [4.69, 9.17) is 0 Å². The van der Waals surface area contributed by atoms with E-state index in [1.165, 1.54) is 5.56 Å². The molecule has 3 nitrogen and oxygen atoms in total. The van der Waals surface area contributed by atoms with Crippen LogP contribution in [0.5, 0.6) is 0 Å². The molecule has 17 heavy (non-hydrogen) atoms. The topological polar surface area (TPSA) is 37.8 Å². The zero-order chi connectivity index (χ0) is 11.9. The molecule has 0 saturated carbocycles. The SMILES string of the molecule is Cc1nnc(SCCNCCc2ccsc2)s1. The average Bonchev–Trinajstić information content (AvgIpc) is 2.95. The van der Waals surface area contributed by atoms with Gasteiger partial charge in [-0.25, -0.2) is 0 Å². The van der Waals surface area contributed by atoms with Gasteiger partial charge in [-0.15, -0.1) is 10.2 Å². The molecule has 0 atom stereocenters. The van der Waals surface area contributed by atoms with E-state index in [2.05, 4.69) is 32.3 Å². The van der Waals surface area contributed by atoms with Crippen molar-refractivity contribution in [1.82, 2.24) is 15.5 Å². The zero-order valence-electron chi connectivity index (χ0n) is 9.68. The van der Waals surface area contributed by atoms with Crippen molar-refractivity contribution in [2.24, 2.45) is 0 Å². The first-order valence-corrected chi connectivity index (χ1v) is 8.24. The summed E-state index contributed by atoms with van der Waals surface area (Å²) in [6.45, 7) is 4.06. The van der Waals surface area contributed by atoms with Crippen molar-refractivity contribution in [3.05, 3.63) is 27.4 Å². The Kier molecular flexibility index (Phi) is 5.44. The zero-order valence-corrected chi connectivity index (χ0v) is 12.1. The molecular weight excluding hydrogens is 270 g/mol. The van der Waals surface area contributed by atoms with Gasteiger partial charge < -0.3 is 5.32 Å². The van der Waals surface area contributed by atoms with Crippen LogP contribution in [0.3, 0.4) is 0 Å². The molecule has 2 rings (SSSR count). The Morgan fingerprint density at radius 2 is 2.29 bits per heavy atom. The van der Waals surface area contributed by atoms with E-state index < -0.39 is 0 Å². The molecule has 2 aromatic heterocycles. The van der Waals surface area contributed by atoms with Gasteiger partial charge in [0, 0.05) is 12.3 Å². The Morgan fingerprint density at radius 1 is 1.35 bits per heavy atom. The maximum Gasteiger partial charge on any atom is 0.174 e. The van der Waals surface area contributed by atoms with Gasteiger partial charge in [0.2, 0.25) is 0 Å². The summed E-state index contributed by atoms with van der Waals surface area (Å²) in [5, 5.41) is 16.9. The summed E-state index contributed by atoms with van der Waals surface area (Å²) in [6.07, 6.45) is 1.12. The molecule has 0 aliphatic heterocycles. The van der Waals surface area contributed by atoms with E-state index in [1.54, 1.807) is 34.4 Å². The molecule has 1 N–H and O–H groups in total. The molecule has 2 aromatic rings. The number of hydrogen-bond acceptors (Lipinski definition) is 6. The Balaban J connectivity index is 1.52. The maximum atomic E-state index is 4.08. The maximum absolute atomic E-state index is 4.08. The standard InChI is InChI=1S/C11H15N3S3/c1-9-13-14-11(17-9)16-7-5-12-4-2-10-3-6-15-8-10/h3,6,8,12H,2,4-5,7H2,1H3. The third kappa shape index (κ3) is 4.75. The minimum absolute atomic E-state index is 1.02. The molecule has 6 heteroatoms. The number of hydrogen-bond donors (Lipinski definition) is 1. The Labute approximate surface area is 114 Å². The lowest BCUT2D eigenvalue weighted by Gasteiger charge is -2.02. The second-order valence-corrected chi connectivity index (χ2v) is 6.87. The van der Waals surface area contributed by atoms with Crippen LogP contribution >= 0.6 is 34.4 Å². The number of thiophene rings is 1. The molecule has 0 spiro atoms. The molecule has 0 fully saturated rings. The lowest BCUT2D eigenvalue weighted by Crippen LogP contribution is -2.19. The van der Waals surface area contributed by atoms with E-state index in [1.807, 2.05) is 6.92 Å². The second kappa shape index (κ2) is 7.10. The van der Waals surface area contributed by atoms with E-state index in [9.17, 15) is 0 Å². The number of aryl methyl sites for hydroxylation is 1. The Morgan fingerprint density at radius 3 is 3.00 bits per heavy atom. The van der Waals surface area contributed by atoms with Crippen molar-refractivity contribution < 1.29 is 0 Å². The average molecular weight is 285 g/mol. The highest BCUT2D eigenvalue weighted by molar-refractivity contribution is 8.01. The van der Waals surface area contributed by atoms with Gasteiger partial charge in [-0.1, -0.05) is 23.1 Å².